The molecule has 0 N–H and O–H groups in total. The van der Waals surface area contributed by atoms with Gasteiger partial charge in [-0.2, -0.15) is 0 Å². The third kappa shape index (κ3) is 5.36. The highest BCUT2D eigenvalue weighted by Crippen LogP contribution is 2.25. The summed E-state index contributed by atoms with van der Waals surface area (Å²) < 4.78 is 7.24. The van der Waals surface area contributed by atoms with Crippen molar-refractivity contribution in [3.63, 3.8) is 0 Å². The van der Waals surface area contributed by atoms with Gasteiger partial charge in [0.2, 0.25) is 9.04 Å². The molecule has 0 amide bonds. The van der Waals surface area contributed by atoms with Crippen LogP contribution in [0.25, 0.3) is 11.8 Å². The topological polar surface area (TPSA) is 9.23 Å². The number of rotatable bonds is 4. The van der Waals surface area contributed by atoms with Crippen LogP contribution >= 0.6 is 15.9 Å². The van der Waals surface area contributed by atoms with Crippen LogP contribution in [0, 0.1) is 0 Å². The van der Waals surface area contributed by atoms with Crippen LogP contribution in [0.15, 0.2) is 53.0 Å². The minimum absolute atomic E-state index is 0.179. The van der Waals surface area contributed by atoms with Crippen LogP contribution in [0.1, 0.15) is 37.5 Å². The number of hydrogen-bond acceptors (Lipinski definition) is 1. The molecular formula is C20H25BrOSi. The van der Waals surface area contributed by atoms with E-state index < -0.39 is 9.04 Å². The molecule has 0 aromatic heterocycles. The Balaban J connectivity index is 2.35. The van der Waals surface area contributed by atoms with E-state index in [0.29, 0.717) is 0 Å². The zero-order chi connectivity index (χ0) is 17.0. The smallest absolute Gasteiger partial charge is 0.229 e. The highest BCUT2D eigenvalue weighted by Gasteiger charge is 2.13. The van der Waals surface area contributed by atoms with E-state index in [4.69, 9.17) is 4.43 Å². The quantitative estimate of drug-likeness (QED) is 0.341. The summed E-state index contributed by atoms with van der Waals surface area (Å²) in [4.78, 5) is 0. The van der Waals surface area contributed by atoms with Crippen LogP contribution in [0.4, 0.5) is 0 Å². The summed E-state index contributed by atoms with van der Waals surface area (Å²) in [5.41, 5.74) is 3.82. The van der Waals surface area contributed by atoms with Gasteiger partial charge in [-0.3, -0.25) is 0 Å². The molecule has 0 radical (unpaired) electrons. The fraction of sp³-hybridized carbons (Fsp3) is 0.300. The Kier molecular flexibility index (Phi) is 5.87. The predicted octanol–water partition coefficient (Wildman–Crippen LogP) is 6.24. The molecule has 0 aliphatic rings. The average Bonchev–Trinajstić information content (AvgIpc) is 2.46. The SMILES string of the molecule is C[SiH](C)O/C(=C/c1ccc(C(C)(C)C)cc1)c1ccc(Br)cc1. The first-order valence-corrected chi connectivity index (χ1v) is 11.6. The maximum Gasteiger partial charge on any atom is 0.229 e. The number of hydrogen-bond donors (Lipinski definition) is 0. The van der Waals surface area contributed by atoms with Crippen molar-refractivity contribution in [3.05, 3.63) is 69.7 Å². The van der Waals surface area contributed by atoms with Crippen LogP contribution < -0.4 is 0 Å². The first kappa shape index (κ1) is 18.0. The third-order valence-corrected chi connectivity index (χ3v) is 4.82. The van der Waals surface area contributed by atoms with Gasteiger partial charge in [-0.05, 0) is 47.8 Å². The lowest BCUT2D eigenvalue weighted by molar-refractivity contribution is 0.540. The monoisotopic (exact) mass is 388 g/mol. The molecule has 0 aliphatic carbocycles. The molecule has 0 fully saturated rings. The van der Waals surface area contributed by atoms with E-state index in [1.54, 1.807) is 0 Å². The van der Waals surface area contributed by atoms with Gasteiger partial charge in [0.25, 0.3) is 0 Å². The normalized spacial score (nSPS) is 12.6. The van der Waals surface area contributed by atoms with Gasteiger partial charge in [-0.15, -0.1) is 0 Å². The summed E-state index contributed by atoms with van der Waals surface area (Å²) in [6.45, 7) is 11.1. The van der Waals surface area contributed by atoms with E-state index in [-0.39, 0.29) is 5.41 Å². The highest BCUT2D eigenvalue weighted by molar-refractivity contribution is 9.10. The van der Waals surface area contributed by atoms with Crippen molar-refractivity contribution in [1.29, 1.82) is 0 Å². The Morgan fingerprint density at radius 1 is 0.957 bits per heavy atom. The lowest BCUT2D eigenvalue weighted by atomic mass is 9.86. The Bertz CT molecular complexity index is 664. The van der Waals surface area contributed by atoms with Crippen LogP contribution in [0.3, 0.4) is 0 Å². The summed E-state index contributed by atoms with van der Waals surface area (Å²) in [5.74, 6) is 0.961. The zero-order valence-corrected chi connectivity index (χ0v) is 17.3. The van der Waals surface area contributed by atoms with Crippen molar-refractivity contribution in [2.45, 2.75) is 39.3 Å². The molecular weight excluding hydrogens is 364 g/mol. The molecule has 0 saturated heterocycles. The summed E-state index contributed by atoms with van der Waals surface area (Å²) in [6, 6.07) is 17.0. The van der Waals surface area contributed by atoms with E-state index in [2.05, 4.69) is 104 Å². The summed E-state index contributed by atoms with van der Waals surface area (Å²) >= 11 is 3.49. The maximum atomic E-state index is 6.16. The Hall–Kier alpha value is -1.32. The second kappa shape index (κ2) is 7.50. The Morgan fingerprint density at radius 2 is 1.52 bits per heavy atom. The standard InChI is InChI=1S/C20H25BrOSi/c1-20(2,3)17-10-6-15(7-11-17)14-19(22-23(4)5)16-8-12-18(21)13-9-16/h6-14,23H,1-5H3/b19-14+. The van der Waals surface area contributed by atoms with Crippen LogP contribution in [0.2, 0.25) is 13.1 Å². The Labute approximate surface area is 150 Å². The largest absolute Gasteiger partial charge is 0.547 e. The van der Waals surface area contributed by atoms with Gasteiger partial charge in [-0.25, -0.2) is 0 Å². The van der Waals surface area contributed by atoms with Crippen LogP contribution in [-0.2, 0) is 9.84 Å². The molecule has 0 bridgehead atoms. The van der Waals surface area contributed by atoms with Crippen LogP contribution in [0.5, 0.6) is 0 Å². The van der Waals surface area contributed by atoms with E-state index in [1.807, 2.05) is 0 Å². The first-order valence-electron chi connectivity index (χ1n) is 8.00. The lowest BCUT2D eigenvalue weighted by Gasteiger charge is -2.19. The van der Waals surface area contributed by atoms with Gasteiger partial charge in [0.05, 0.1) is 0 Å². The van der Waals surface area contributed by atoms with Crippen molar-refractivity contribution in [2.24, 2.45) is 0 Å². The molecule has 0 aliphatic heterocycles. The van der Waals surface area contributed by atoms with E-state index in [1.165, 1.54) is 11.1 Å². The molecule has 0 heterocycles. The second-order valence-electron chi connectivity index (χ2n) is 7.05. The number of benzene rings is 2. The van der Waals surface area contributed by atoms with E-state index in [9.17, 15) is 0 Å². The second-order valence-corrected chi connectivity index (χ2v) is 10.3. The minimum Gasteiger partial charge on any atom is -0.547 e. The van der Waals surface area contributed by atoms with E-state index in [0.717, 1.165) is 15.8 Å². The molecule has 0 atom stereocenters. The zero-order valence-electron chi connectivity index (χ0n) is 14.6. The minimum atomic E-state index is -1.17. The molecule has 2 aromatic rings. The molecule has 0 unspecified atom stereocenters. The molecule has 0 saturated carbocycles. The lowest BCUT2D eigenvalue weighted by Crippen LogP contribution is -2.10. The molecule has 0 spiro atoms. The van der Waals surface area contributed by atoms with Gasteiger partial charge in [-0.1, -0.05) is 73.1 Å². The Morgan fingerprint density at radius 3 is 2.00 bits per heavy atom. The van der Waals surface area contributed by atoms with Crippen molar-refractivity contribution >= 4 is 36.8 Å². The van der Waals surface area contributed by atoms with Crippen LogP contribution in [-0.4, -0.2) is 9.04 Å². The molecule has 3 heteroatoms. The average molecular weight is 389 g/mol. The highest BCUT2D eigenvalue weighted by atomic mass is 79.9. The van der Waals surface area contributed by atoms with Crippen molar-refractivity contribution in [3.8, 4) is 0 Å². The molecule has 122 valence electrons. The first-order chi connectivity index (χ1) is 10.8. The van der Waals surface area contributed by atoms with Gasteiger partial charge < -0.3 is 4.43 Å². The predicted molar refractivity (Wildman–Crippen MR) is 107 cm³/mol. The maximum absolute atomic E-state index is 6.16. The van der Waals surface area contributed by atoms with Crippen molar-refractivity contribution in [1.82, 2.24) is 0 Å². The van der Waals surface area contributed by atoms with Gasteiger partial charge in [0, 0.05) is 10.0 Å². The van der Waals surface area contributed by atoms with E-state index >= 15 is 0 Å². The van der Waals surface area contributed by atoms with Gasteiger partial charge in [0.15, 0.2) is 0 Å². The summed E-state index contributed by atoms with van der Waals surface area (Å²) in [5, 5.41) is 0. The van der Waals surface area contributed by atoms with Crippen molar-refractivity contribution in [2.75, 3.05) is 0 Å². The molecule has 23 heavy (non-hydrogen) atoms. The summed E-state index contributed by atoms with van der Waals surface area (Å²) in [7, 11) is -1.17. The van der Waals surface area contributed by atoms with Gasteiger partial charge >= 0.3 is 0 Å². The fourth-order valence-electron chi connectivity index (χ4n) is 2.28. The fourth-order valence-corrected chi connectivity index (χ4v) is 3.26. The number of halogens is 1. The molecule has 2 aromatic carbocycles. The molecule has 2 rings (SSSR count). The van der Waals surface area contributed by atoms with Crippen molar-refractivity contribution < 1.29 is 4.43 Å². The molecule has 1 nitrogen and oxygen atoms in total. The summed E-state index contributed by atoms with van der Waals surface area (Å²) in [6.07, 6.45) is 2.14. The van der Waals surface area contributed by atoms with Gasteiger partial charge in [0.1, 0.15) is 5.76 Å². The third-order valence-electron chi connectivity index (χ3n) is 3.57.